The summed E-state index contributed by atoms with van der Waals surface area (Å²) in [6.07, 6.45) is 0.132. The number of hydrogen-bond acceptors (Lipinski definition) is 3. The summed E-state index contributed by atoms with van der Waals surface area (Å²) in [4.78, 5) is 25.5. The fourth-order valence-electron chi connectivity index (χ4n) is 2.37. The molecular weight excluding hydrogens is 323 g/mol. The van der Waals surface area contributed by atoms with Crippen molar-refractivity contribution in [2.75, 3.05) is 19.0 Å². The second kappa shape index (κ2) is 8.82. The quantitative estimate of drug-likeness (QED) is 0.839. The number of rotatable bonds is 7. The highest BCUT2D eigenvalue weighted by molar-refractivity contribution is 5.92. The van der Waals surface area contributed by atoms with Crippen LogP contribution in [0.1, 0.15) is 18.9 Å². The molecule has 25 heavy (non-hydrogen) atoms. The Morgan fingerprint density at radius 3 is 2.52 bits per heavy atom. The molecule has 0 heterocycles. The number of ether oxygens (including phenoxy) is 1. The van der Waals surface area contributed by atoms with E-state index in [1.807, 2.05) is 30.3 Å². The lowest BCUT2D eigenvalue weighted by atomic mass is 10.2. The van der Waals surface area contributed by atoms with E-state index in [9.17, 15) is 14.0 Å². The van der Waals surface area contributed by atoms with E-state index in [0.29, 0.717) is 18.8 Å². The summed E-state index contributed by atoms with van der Waals surface area (Å²) in [6.45, 7) is 2.22. The van der Waals surface area contributed by atoms with Gasteiger partial charge in [0.15, 0.2) is 0 Å². The average Bonchev–Trinajstić information content (AvgIpc) is 2.60. The van der Waals surface area contributed by atoms with Crippen LogP contribution in [-0.4, -0.2) is 30.4 Å². The van der Waals surface area contributed by atoms with Crippen molar-refractivity contribution < 1.29 is 18.7 Å². The van der Waals surface area contributed by atoms with Crippen LogP contribution in [0.25, 0.3) is 0 Å². The highest BCUT2D eigenvalue weighted by atomic mass is 19.1. The van der Waals surface area contributed by atoms with Crippen molar-refractivity contribution in [2.45, 2.75) is 19.9 Å². The van der Waals surface area contributed by atoms with Gasteiger partial charge in [0.05, 0.1) is 12.8 Å². The molecule has 2 rings (SSSR count). The van der Waals surface area contributed by atoms with Crippen LogP contribution < -0.4 is 10.1 Å². The molecule has 0 atom stereocenters. The molecule has 0 saturated heterocycles. The molecular formula is C19H21FN2O3. The third-order valence-electron chi connectivity index (χ3n) is 3.71. The van der Waals surface area contributed by atoms with Crippen LogP contribution in [0.4, 0.5) is 10.1 Å². The molecule has 0 saturated carbocycles. The number of halogens is 1. The number of nitrogens with zero attached hydrogens (tertiary/aromatic N) is 1. The van der Waals surface area contributed by atoms with Gasteiger partial charge in [-0.2, -0.15) is 0 Å². The van der Waals surface area contributed by atoms with Gasteiger partial charge in [0.2, 0.25) is 11.8 Å². The van der Waals surface area contributed by atoms with E-state index in [4.69, 9.17) is 4.74 Å². The first-order chi connectivity index (χ1) is 12.0. The number of carbonyl (C=O) groups is 2. The predicted molar refractivity (Wildman–Crippen MR) is 93.7 cm³/mol. The first-order valence-corrected chi connectivity index (χ1v) is 7.92. The number of hydrogen-bond donors (Lipinski definition) is 1. The smallest absolute Gasteiger partial charge is 0.226 e. The lowest BCUT2D eigenvalue weighted by Gasteiger charge is -2.21. The number of anilines is 1. The van der Waals surface area contributed by atoms with Crippen molar-refractivity contribution >= 4 is 17.5 Å². The van der Waals surface area contributed by atoms with Crippen molar-refractivity contribution in [3.8, 4) is 5.75 Å². The summed E-state index contributed by atoms with van der Waals surface area (Å²) in [5.74, 6) is -0.568. The topological polar surface area (TPSA) is 58.6 Å². The van der Waals surface area contributed by atoms with Crippen LogP contribution >= 0.6 is 0 Å². The zero-order valence-electron chi connectivity index (χ0n) is 14.3. The van der Waals surface area contributed by atoms with E-state index < -0.39 is 5.82 Å². The Morgan fingerprint density at radius 2 is 1.88 bits per heavy atom. The van der Waals surface area contributed by atoms with E-state index >= 15 is 0 Å². The molecule has 0 aromatic heterocycles. The Balaban J connectivity index is 1.94. The van der Waals surface area contributed by atoms with E-state index in [0.717, 1.165) is 5.56 Å². The molecule has 2 aromatic carbocycles. The van der Waals surface area contributed by atoms with Crippen molar-refractivity contribution in [3.05, 3.63) is 59.9 Å². The van der Waals surface area contributed by atoms with Gasteiger partial charge in [0, 0.05) is 32.5 Å². The summed E-state index contributed by atoms with van der Waals surface area (Å²) in [7, 11) is 1.40. The average molecular weight is 344 g/mol. The number of methoxy groups -OCH3 is 1. The summed E-state index contributed by atoms with van der Waals surface area (Å²) in [5, 5.41) is 2.68. The Bertz CT molecular complexity index is 735. The molecule has 5 nitrogen and oxygen atoms in total. The molecule has 0 fully saturated rings. The molecule has 0 bridgehead atoms. The molecule has 6 heteroatoms. The summed E-state index contributed by atoms with van der Waals surface area (Å²) >= 11 is 0. The zero-order valence-corrected chi connectivity index (χ0v) is 14.3. The maximum absolute atomic E-state index is 13.2. The standard InChI is InChI=1S/C19H21FN2O3/c1-14(23)22(13-15-6-4-3-5-7-15)11-10-19(24)21-17-9-8-16(20)12-18(17)25-2/h3-9,12H,10-11,13H2,1-2H3,(H,21,24). The van der Waals surface area contributed by atoms with Gasteiger partial charge in [-0.15, -0.1) is 0 Å². The van der Waals surface area contributed by atoms with Crippen LogP contribution in [0.3, 0.4) is 0 Å². The molecule has 0 aliphatic rings. The third kappa shape index (κ3) is 5.60. The van der Waals surface area contributed by atoms with Crippen molar-refractivity contribution in [1.82, 2.24) is 4.90 Å². The monoisotopic (exact) mass is 344 g/mol. The first-order valence-electron chi connectivity index (χ1n) is 7.92. The minimum absolute atomic E-state index is 0.101. The van der Waals surface area contributed by atoms with Crippen molar-refractivity contribution in [1.29, 1.82) is 0 Å². The van der Waals surface area contributed by atoms with Crippen molar-refractivity contribution in [3.63, 3.8) is 0 Å². The number of nitrogens with one attached hydrogen (secondary N) is 1. The molecule has 1 N–H and O–H groups in total. The predicted octanol–water partition coefficient (Wildman–Crippen LogP) is 3.21. The minimum Gasteiger partial charge on any atom is -0.494 e. The van der Waals surface area contributed by atoms with E-state index in [-0.39, 0.29) is 24.0 Å². The molecule has 0 radical (unpaired) electrons. The number of amides is 2. The summed E-state index contributed by atoms with van der Waals surface area (Å²) in [5.41, 5.74) is 1.39. The van der Waals surface area contributed by atoms with E-state index in [2.05, 4.69) is 5.32 Å². The Labute approximate surface area is 146 Å². The van der Waals surface area contributed by atoms with Gasteiger partial charge in [0.1, 0.15) is 11.6 Å². The third-order valence-corrected chi connectivity index (χ3v) is 3.71. The highest BCUT2D eigenvalue weighted by Gasteiger charge is 2.13. The van der Waals surface area contributed by atoms with Gasteiger partial charge < -0.3 is 15.0 Å². The molecule has 2 aromatic rings. The van der Waals surface area contributed by atoms with E-state index in [1.165, 1.54) is 32.2 Å². The zero-order chi connectivity index (χ0) is 18.2. The van der Waals surface area contributed by atoms with Gasteiger partial charge in [-0.05, 0) is 17.7 Å². The van der Waals surface area contributed by atoms with Gasteiger partial charge in [0.25, 0.3) is 0 Å². The summed E-state index contributed by atoms with van der Waals surface area (Å²) < 4.78 is 18.2. The molecule has 0 aliphatic carbocycles. The van der Waals surface area contributed by atoms with E-state index in [1.54, 1.807) is 4.90 Å². The van der Waals surface area contributed by atoms with Crippen LogP contribution in [0, 0.1) is 5.82 Å². The maximum atomic E-state index is 13.2. The van der Waals surface area contributed by atoms with Gasteiger partial charge >= 0.3 is 0 Å². The second-order valence-corrected chi connectivity index (χ2v) is 5.57. The lowest BCUT2D eigenvalue weighted by molar-refractivity contribution is -0.129. The molecule has 0 unspecified atom stereocenters. The molecule has 2 amide bonds. The van der Waals surface area contributed by atoms with Gasteiger partial charge in [-0.1, -0.05) is 30.3 Å². The summed E-state index contributed by atoms with van der Waals surface area (Å²) in [6, 6.07) is 13.5. The van der Waals surface area contributed by atoms with Gasteiger partial charge in [-0.3, -0.25) is 9.59 Å². The highest BCUT2D eigenvalue weighted by Crippen LogP contribution is 2.25. The van der Waals surface area contributed by atoms with Crippen LogP contribution in [-0.2, 0) is 16.1 Å². The Morgan fingerprint density at radius 1 is 1.16 bits per heavy atom. The largest absolute Gasteiger partial charge is 0.494 e. The SMILES string of the molecule is COc1cc(F)ccc1NC(=O)CCN(Cc1ccccc1)C(C)=O. The number of benzene rings is 2. The maximum Gasteiger partial charge on any atom is 0.226 e. The first kappa shape index (κ1) is 18.4. The van der Waals surface area contributed by atoms with Crippen LogP contribution in [0.2, 0.25) is 0 Å². The minimum atomic E-state index is -0.444. The van der Waals surface area contributed by atoms with Crippen LogP contribution in [0.5, 0.6) is 5.75 Å². The lowest BCUT2D eigenvalue weighted by Crippen LogP contribution is -2.31. The molecule has 0 aliphatic heterocycles. The molecule has 132 valence electrons. The fraction of sp³-hybridized carbons (Fsp3) is 0.263. The normalized spacial score (nSPS) is 10.2. The number of carbonyl (C=O) groups excluding carboxylic acids is 2. The molecule has 0 spiro atoms. The van der Waals surface area contributed by atoms with Crippen molar-refractivity contribution in [2.24, 2.45) is 0 Å². The van der Waals surface area contributed by atoms with Crippen LogP contribution in [0.15, 0.2) is 48.5 Å². The van der Waals surface area contributed by atoms with Gasteiger partial charge in [-0.25, -0.2) is 4.39 Å². The Kier molecular flexibility index (Phi) is 6.51. The Hall–Kier alpha value is -2.89. The second-order valence-electron chi connectivity index (χ2n) is 5.57. The fourth-order valence-corrected chi connectivity index (χ4v) is 2.37.